The van der Waals surface area contributed by atoms with Crippen LogP contribution in [0, 0.1) is 5.92 Å². The van der Waals surface area contributed by atoms with Crippen molar-refractivity contribution < 1.29 is 9.53 Å². The number of hydrogen-bond donors (Lipinski definition) is 2. The molecule has 3 rings (SSSR count). The molecule has 1 saturated carbocycles. The second-order valence-electron chi connectivity index (χ2n) is 6.10. The molecule has 2 N–H and O–H groups in total. The Balaban J connectivity index is 1.63. The molecule has 0 radical (unpaired) electrons. The first kappa shape index (κ1) is 14.5. The molecule has 0 spiro atoms. The smallest absolute Gasteiger partial charge is 0.253 e. The highest BCUT2D eigenvalue weighted by molar-refractivity contribution is 5.82. The number of hydrogen-bond acceptors (Lipinski definition) is 3. The summed E-state index contributed by atoms with van der Waals surface area (Å²) < 4.78 is 6.12. The molecule has 1 aromatic rings. The molecule has 114 valence electrons. The molecule has 0 unspecified atom stereocenters. The zero-order valence-corrected chi connectivity index (χ0v) is 12.4. The summed E-state index contributed by atoms with van der Waals surface area (Å²) in [6, 6.07) is 9.84. The van der Waals surface area contributed by atoms with Gasteiger partial charge in [-0.1, -0.05) is 43.2 Å². The van der Waals surface area contributed by atoms with Crippen LogP contribution in [0.1, 0.15) is 37.4 Å². The van der Waals surface area contributed by atoms with Gasteiger partial charge in [-0.05, 0) is 18.4 Å². The SMILES string of the molecule is O=C(NCC1CNC1)[C@@H](OC1CCCC1)c1ccccc1. The fourth-order valence-corrected chi connectivity index (χ4v) is 2.97. The Labute approximate surface area is 126 Å². The maximum atomic E-state index is 12.5. The van der Waals surface area contributed by atoms with Crippen molar-refractivity contribution >= 4 is 5.91 Å². The van der Waals surface area contributed by atoms with Gasteiger partial charge in [-0.25, -0.2) is 0 Å². The van der Waals surface area contributed by atoms with Gasteiger partial charge in [-0.15, -0.1) is 0 Å². The maximum Gasteiger partial charge on any atom is 0.253 e. The molecule has 4 nitrogen and oxygen atoms in total. The number of nitrogens with one attached hydrogen (secondary N) is 2. The molecule has 1 atom stereocenters. The van der Waals surface area contributed by atoms with Crippen molar-refractivity contribution in [3.05, 3.63) is 35.9 Å². The largest absolute Gasteiger partial charge is 0.360 e. The van der Waals surface area contributed by atoms with E-state index in [2.05, 4.69) is 10.6 Å². The van der Waals surface area contributed by atoms with Gasteiger partial charge >= 0.3 is 0 Å². The summed E-state index contributed by atoms with van der Waals surface area (Å²) in [6.07, 6.45) is 4.32. The number of benzene rings is 1. The van der Waals surface area contributed by atoms with Gasteiger partial charge in [0.05, 0.1) is 6.10 Å². The second-order valence-corrected chi connectivity index (χ2v) is 6.10. The number of carbonyl (C=O) groups excluding carboxylic acids is 1. The van der Waals surface area contributed by atoms with Crippen molar-refractivity contribution in [3.63, 3.8) is 0 Å². The number of ether oxygens (including phenoxy) is 1. The first-order valence-corrected chi connectivity index (χ1v) is 8.02. The van der Waals surface area contributed by atoms with E-state index in [0.717, 1.165) is 38.0 Å². The molecule has 2 fully saturated rings. The maximum absolute atomic E-state index is 12.5. The van der Waals surface area contributed by atoms with Gasteiger partial charge < -0.3 is 15.4 Å². The molecule has 4 heteroatoms. The van der Waals surface area contributed by atoms with E-state index in [9.17, 15) is 4.79 Å². The van der Waals surface area contributed by atoms with E-state index < -0.39 is 6.10 Å². The van der Waals surface area contributed by atoms with Crippen LogP contribution in [-0.2, 0) is 9.53 Å². The zero-order chi connectivity index (χ0) is 14.5. The number of amides is 1. The summed E-state index contributed by atoms with van der Waals surface area (Å²) in [4.78, 5) is 12.5. The Kier molecular flexibility index (Phi) is 4.88. The summed E-state index contributed by atoms with van der Waals surface area (Å²) in [7, 11) is 0. The lowest BCUT2D eigenvalue weighted by Crippen LogP contribution is -2.49. The molecule has 1 heterocycles. The van der Waals surface area contributed by atoms with Crippen LogP contribution >= 0.6 is 0 Å². The molecular weight excluding hydrogens is 264 g/mol. The lowest BCUT2D eigenvalue weighted by Gasteiger charge is -2.28. The fraction of sp³-hybridized carbons (Fsp3) is 0.588. The van der Waals surface area contributed by atoms with E-state index in [4.69, 9.17) is 4.74 Å². The minimum absolute atomic E-state index is 0.000000000000000222. The average molecular weight is 288 g/mol. The van der Waals surface area contributed by atoms with Gasteiger partial charge in [-0.3, -0.25) is 4.79 Å². The standard InChI is InChI=1S/C17H24N2O2/c20-17(19-12-13-10-18-11-13)16(14-6-2-1-3-7-14)21-15-8-4-5-9-15/h1-3,6-7,13,15-16,18H,4-5,8-12H2,(H,19,20)/t16-/m0/s1. The number of carbonyl (C=O) groups is 1. The van der Waals surface area contributed by atoms with Gasteiger partial charge in [0.15, 0.2) is 6.10 Å². The van der Waals surface area contributed by atoms with Gasteiger partial charge in [0.2, 0.25) is 0 Å². The predicted octanol–water partition coefficient (Wildman–Crippen LogP) is 2.02. The van der Waals surface area contributed by atoms with E-state index in [1.54, 1.807) is 0 Å². The number of rotatable bonds is 6. The Bertz CT molecular complexity index is 453. The van der Waals surface area contributed by atoms with Crippen molar-refractivity contribution in [2.45, 2.75) is 37.9 Å². The molecular formula is C17H24N2O2. The minimum atomic E-state index is -0.470. The molecule has 2 aliphatic rings. The summed E-state index contributed by atoms with van der Waals surface area (Å²) >= 11 is 0. The second kappa shape index (κ2) is 7.05. The molecule has 21 heavy (non-hydrogen) atoms. The lowest BCUT2D eigenvalue weighted by atomic mass is 10.0. The lowest BCUT2D eigenvalue weighted by molar-refractivity contribution is -0.137. The minimum Gasteiger partial charge on any atom is -0.360 e. The van der Waals surface area contributed by atoms with E-state index in [1.165, 1.54) is 12.8 Å². The van der Waals surface area contributed by atoms with Gasteiger partial charge in [0.1, 0.15) is 0 Å². The molecule has 1 aliphatic carbocycles. The Morgan fingerprint density at radius 2 is 1.95 bits per heavy atom. The first-order valence-electron chi connectivity index (χ1n) is 8.02. The van der Waals surface area contributed by atoms with E-state index in [0.29, 0.717) is 5.92 Å². The normalized spacial score (nSPS) is 21.0. The summed E-state index contributed by atoms with van der Waals surface area (Å²) in [6.45, 7) is 2.74. The molecule has 0 aromatic heterocycles. The van der Waals surface area contributed by atoms with Crippen LogP contribution in [0.25, 0.3) is 0 Å². The first-order chi connectivity index (χ1) is 10.3. The highest BCUT2D eigenvalue weighted by atomic mass is 16.5. The van der Waals surface area contributed by atoms with Crippen molar-refractivity contribution in [1.29, 1.82) is 0 Å². The van der Waals surface area contributed by atoms with Crippen LogP contribution in [0.2, 0.25) is 0 Å². The Hall–Kier alpha value is -1.39. The third kappa shape index (κ3) is 3.83. The van der Waals surface area contributed by atoms with Gasteiger partial charge in [0, 0.05) is 25.6 Å². The molecule has 1 aliphatic heterocycles. The fourth-order valence-electron chi connectivity index (χ4n) is 2.97. The summed E-state index contributed by atoms with van der Waals surface area (Å²) in [5.74, 6) is 0.567. The predicted molar refractivity (Wildman–Crippen MR) is 81.9 cm³/mol. The monoisotopic (exact) mass is 288 g/mol. The highest BCUT2D eigenvalue weighted by Crippen LogP contribution is 2.28. The van der Waals surface area contributed by atoms with Gasteiger partial charge in [-0.2, -0.15) is 0 Å². The summed E-state index contributed by atoms with van der Waals surface area (Å²) in [5.41, 5.74) is 0.952. The van der Waals surface area contributed by atoms with E-state index in [1.807, 2.05) is 30.3 Å². The molecule has 1 saturated heterocycles. The van der Waals surface area contributed by atoms with Crippen LogP contribution in [0.4, 0.5) is 0 Å². The summed E-state index contributed by atoms with van der Waals surface area (Å²) in [5, 5.41) is 6.28. The van der Waals surface area contributed by atoms with Crippen LogP contribution in [0.5, 0.6) is 0 Å². The third-order valence-electron chi connectivity index (χ3n) is 4.40. The van der Waals surface area contributed by atoms with E-state index >= 15 is 0 Å². The van der Waals surface area contributed by atoms with Crippen molar-refractivity contribution in [2.24, 2.45) is 5.92 Å². The average Bonchev–Trinajstić information content (AvgIpc) is 2.97. The molecule has 1 aromatic carbocycles. The van der Waals surface area contributed by atoms with Gasteiger partial charge in [0.25, 0.3) is 5.91 Å². The highest BCUT2D eigenvalue weighted by Gasteiger charge is 2.28. The van der Waals surface area contributed by atoms with Crippen LogP contribution in [0.3, 0.4) is 0 Å². The zero-order valence-electron chi connectivity index (χ0n) is 12.4. The topological polar surface area (TPSA) is 50.4 Å². The van der Waals surface area contributed by atoms with Crippen molar-refractivity contribution in [2.75, 3.05) is 19.6 Å². The van der Waals surface area contributed by atoms with Crippen molar-refractivity contribution in [1.82, 2.24) is 10.6 Å². The quantitative estimate of drug-likeness (QED) is 0.842. The molecule has 0 bridgehead atoms. The van der Waals surface area contributed by atoms with Crippen molar-refractivity contribution in [3.8, 4) is 0 Å². The van der Waals surface area contributed by atoms with E-state index in [-0.39, 0.29) is 12.0 Å². The third-order valence-corrected chi connectivity index (χ3v) is 4.40. The Morgan fingerprint density at radius 3 is 2.57 bits per heavy atom. The van der Waals surface area contributed by atoms with Crippen LogP contribution in [-0.4, -0.2) is 31.6 Å². The molecule has 1 amide bonds. The Morgan fingerprint density at radius 1 is 1.24 bits per heavy atom. The van der Waals surface area contributed by atoms with Crippen LogP contribution < -0.4 is 10.6 Å². The van der Waals surface area contributed by atoms with Crippen LogP contribution in [0.15, 0.2) is 30.3 Å².